The Kier molecular flexibility index (Phi) is 5.92. The van der Waals surface area contributed by atoms with Crippen LogP contribution in [0.5, 0.6) is 0 Å². The van der Waals surface area contributed by atoms with Crippen LogP contribution in [0.2, 0.25) is 0 Å². The van der Waals surface area contributed by atoms with Crippen LogP contribution in [-0.4, -0.2) is 18.5 Å². The van der Waals surface area contributed by atoms with Crippen LogP contribution in [0.4, 0.5) is 8.78 Å². The van der Waals surface area contributed by atoms with Crippen molar-refractivity contribution in [3.05, 3.63) is 35.4 Å². The molecular weight excluding hydrogens is 238 g/mol. The van der Waals surface area contributed by atoms with Gasteiger partial charge in [-0.1, -0.05) is 0 Å². The molecule has 0 spiro atoms. The van der Waals surface area contributed by atoms with E-state index in [4.69, 9.17) is 5.73 Å². The lowest BCUT2D eigenvalue weighted by Gasteiger charge is -2.11. The van der Waals surface area contributed by atoms with Crippen LogP contribution < -0.4 is 11.1 Å². The van der Waals surface area contributed by atoms with Crippen LogP contribution in [0.1, 0.15) is 17.3 Å². The summed E-state index contributed by atoms with van der Waals surface area (Å²) in [5.41, 5.74) is 5.38. The number of nitrogens with one attached hydrogen (secondary N) is 1. The Morgan fingerprint density at radius 1 is 1.44 bits per heavy atom. The van der Waals surface area contributed by atoms with Crippen molar-refractivity contribution in [3.63, 3.8) is 0 Å². The highest BCUT2D eigenvalue weighted by molar-refractivity contribution is 5.94. The Hall–Kier alpha value is -1.20. The van der Waals surface area contributed by atoms with Gasteiger partial charge in [0, 0.05) is 18.2 Å². The Bertz CT molecular complexity index is 374. The number of halogens is 3. The Morgan fingerprint density at radius 2 is 2.06 bits per heavy atom. The number of rotatable bonds is 3. The summed E-state index contributed by atoms with van der Waals surface area (Å²) in [7, 11) is 0. The molecule has 1 rings (SSSR count). The van der Waals surface area contributed by atoms with Gasteiger partial charge < -0.3 is 11.1 Å². The molecular formula is C10H13ClF2N2O. The topological polar surface area (TPSA) is 55.1 Å². The fraction of sp³-hybridized carbons (Fsp3) is 0.300. The number of benzene rings is 1. The number of carbonyl (C=O) groups is 1. The molecule has 0 aromatic heterocycles. The number of amides is 1. The summed E-state index contributed by atoms with van der Waals surface area (Å²) < 4.78 is 25.3. The van der Waals surface area contributed by atoms with E-state index >= 15 is 0 Å². The second-order valence-electron chi connectivity index (χ2n) is 3.24. The van der Waals surface area contributed by atoms with Crippen LogP contribution in [-0.2, 0) is 0 Å². The van der Waals surface area contributed by atoms with E-state index in [0.717, 1.165) is 12.1 Å². The normalized spacial score (nSPS) is 11.5. The standard InChI is InChI=1S/C10H12F2N2O.ClH/c1-6(5-13)14-10(15)7-2-3-8(11)9(12)4-7;/h2-4,6H,5,13H2,1H3,(H,14,15);1H/t6-;/m1./s1. The van der Waals surface area contributed by atoms with E-state index in [0.29, 0.717) is 0 Å². The minimum Gasteiger partial charge on any atom is -0.348 e. The lowest BCUT2D eigenvalue weighted by atomic mass is 10.2. The third kappa shape index (κ3) is 3.75. The predicted octanol–water partition coefficient (Wildman–Crippen LogP) is 1.46. The van der Waals surface area contributed by atoms with Crippen LogP contribution >= 0.6 is 12.4 Å². The van der Waals surface area contributed by atoms with Gasteiger partial charge in [-0.3, -0.25) is 4.79 Å². The molecule has 3 nitrogen and oxygen atoms in total. The van der Waals surface area contributed by atoms with Crippen molar-refractivity contribution < 1.29 is 13.6 Å². The fourth-order valence-corrected chi connectivity index (χ4v) is 1.00. The van der Waals surface area contributed by atoms with Gasteiger partial charge >= 0.3 is 0 Å². The maximum Gasteiger partial charge on any atom is 0.251 e. The quantitative estimate of drug-likeness (QED) is 0.854. The highest BCUT2D eigenvalue weighted by Crippen LogP contribution is 2.08. The van der Waals surface area contributed by atoms with Crippen LogP contribution in [0.25, 0.3) is 0 Å². The van der Waals surface area contributed by atoms with E-state index in [2.05, 4.69) is 5.32 Å². The summed E-state index contributed by atoms with van der Waals surface area (Å²) in [5, 5.41) is 2.54. The van der Waals surface area contributed by atoms with Gasteiger partial charge in [-0.15, -0.1) is 12.4 Å². The van der Waals surface area contributed by atoms with Crippen molar-refractivity contribution in [2.24, 2.45) is 5.73 Å². The molecule has 0 bridgehead atoms. The number of hydrogen-bond acceptors (Lipinski definition) is 2. The molecule has 0 fully saturated rings. The zero-order valence-corrected chi connectivity index (χ0v) is 9.48. The third-order valence-electron chi connectivity index (χ3n) is 1.91. The third-order valence-corrected chi connectivity index (χ3v) is 1.91. The number of carbonyl (C=O) groups excluding carboxylic acids is 1. The SMILES string of the molecule is C[C@H](CN)NC(=O)c1ccc(F)c(F)c1.Cl. The number of hydrogen-bond donors (Lipinski definition) is 2. The molecule has 0 aliphatic heterocycles. The lowest BCUT2D eigenvalue weighted by Crippen LogP contribution is -2.37. The molecule has 0 aliphatic rings. The van der Waals surface area contributed by atoms with E-state index in [9.17, 15) is 13.6 Å². The monoisotopic (exact) mass is 250 g/mol. The minimum atomic E-state index is -1.04. The second-order valence-corrected chi connectivity index (χ2v) is 3.24. The summed E-state index contributed by atoms with van der Waals surface area (Å²) in [4.78, 5) is 11.4. The van der Waals surface area contributed by atoms with E-state index < -0.39 is 17.5 Å². The minimum absolute atomic E-state index is 0. The molecule has 90 valence electrons. The Balaban J connectivity index is 0.00000225. The second kappa shape index (κ2) is 6.40. The van der Waals surface area contributed by atoms with Gasteiger partial charge in [0.15, 0.2) is 11.6 Å². The maximum absolute atomic E-state index is 12.8. The first-order chi connectivity index (χ1) is 7.04. The van der Waals surface area contributed by atoms with Crippen molar-refractivity contribution >= 4 is 18.3 Å². The summed E-state index contributed by atoms with van der Waals surface area (Å²) in [5.74, 6) is -2.48. The van der Waals surface area contributed by atoms with Gasteiger partial charge in [0.05, 0.1) is 0 Å². The average molecular weight is 251 g/mol. The average Bonchev–Trinajstić information content (AvgIpc) is 2.21. The highest BCUT2D eigenvalue weighted by atomic mass is 35.5. The molecule has 0 heterocycles. The molecule has 1 aromatic rings. The maximum atomic E-state index is 12.8. The molecule has 16 heavy (non-hydrogen) atoms. The lowest BCUT2D eigenvalue weighted by molar-refractivity contribution is 0.0940. The molecule has 1 aromatic carbocycles. The first kappa shape index (κ1) is 14.8. The van der Waals surface area contributed by atoms with Gasteiger partial charge in [-0.05, 0) is 25.1 Å². The molecule has 6 heteroatoms. The molecule has 3 N–H and O–H groups in total. The molecule has 0 unspecified atom stereocenters. The molecule has 0 saturated carbocycles. The zero-order chi connectivity index (χ0) is 11.4. The smallest absolute Gasteiger partial charge is 0.251 e. The van der Waals surface area contributed by atoms with E-state index in [1.165, 1.54) is 6.07 Å². The van der Waals surface area contributed by atoms with Gasteiger partial charge in [0.25, 0.3) is 5.91 Å². The molecule has 0 saturated heterocycles. The van der Waals surface area contributed by atoms with Crippen molar-refractivity contribution in [1.29, 1.82) is 0 Å². The molecule has 0 aliphatic carbocycles. The first-order valence-corrected chi connectivity index (χ1v) is 4.50. The summed E-state index contributed by atoms with van der Waals surface area (Å²) in [6.45, 7) is 2.01. The van der Waals surface area contributed by atoms with Gasteiger partial charge in [-0.25, -0.2) is 8.78 Å². The number of nitrogens with two attached hydrogens (primary N) is 1. The van der Waals surface area contributed by atoms with Crippen LogP contribution in [0, 0.1) is 11.6 Å². The molecule has 1 amide bonds. The van der Waals surface area contributed by atoms with E-state index in [1.54, 1.807) is 6.92 Å². The van der Waals surface area contributed by atoms with Crippen molar-refractivity contribution in [2.45, 2.75) is 13.0 Å². The van der Waals surface area contributed by atoms with Gasteiger partial charge in [-0.2, -0.15) is 0 Å². The Labute approximate surface area is 98.4 Å². The van der Waals surface area contributed by atoms with Crippen molar-refractivity contribution in [2.75, 3.05) is 6.54 Å². The predicted molar refractivity (Wildman–Crippen MR) is 59.6 cm³/mol. The van der Waals surface area contributed by atoms with Crippen LogP contribution in [0.15, 0.2) is 18.2 Å². The van der Waals surface area contributed by atoms with E-state index in [-0.39, 0.29) is 30.6 Å². The van der Waals surface area contributed by atoms with Crippen molar-refractivity contribution in [3.8, 4) is 0 Å². The van der Waals surface area contributed by atoms with E-state index in [1.807, 2.05) is 0 Å². The van der Waals surface area contributed by atoms with Crippen LogP contribution in [0.3, 0.4) is 0 Å². The zero-order valence-electron chi connectivity index (χ0n) is 8.67. The van der Waals surface area contributed by atoms with Gasteiger partial charge in [0.2, 0.25) is 0 Å². The summed E-state index contributed by atoms with van der Waals surface area (Å²) >= 11 is 0. The summed E-state index contributed by atoms with van der Waals surface area (Å²) in [6, 6.07) is 2.79. The molecule has 0 radical (unpaired) electrons. The first-order valence-electron chi connectivity index (χ1n) is 4.50. The summed E-state index contributed by atoms with van der Waals surface area (Å²) in [6.07, 6.45) is 0. The Morgan fingerprint density at radius 3 is 2.56 bits per heavy atom. The van der Waals surface area contributed by atoms with Gasteiger partial charge in [0.1, 0.15) is 0 Å². The fourth-order valence-electron chi connectivity index (χ4n) is 1.00. The van der Waals surface area contributed by atoms with Crippen molar-refractivity contribution in [1.82, 2.24) is 5.32 Å². The largest absolute Gasteiger partial charge is 0.348 e. The molecule has 1 atom stereocenters. The highest BCUT2D eigenvalue weighted by Gasteiger charge is 2.11.